The van der Waals surface area contributed by atoms with Gasteiger partial charge in [-0.2, -0.15) is 5.10 Å². The number of amides is 2. The Balaban J connectivity index is 1.33. The van der Waals surface area contributed by atoms with Crippen LogP contribution in [0.25, 0.3) is 0 Å². The van der Waals surface area contributed by atoms with Gasteiger partial charge in [-0.05, 0) is 25.2 Å². The van der Waals surface area contributed by atoms with Crippen LogP contribution in [0.3, 0.4) is 0 Å². The van der Waals surface area contributed by atoms with E-state index in [9.17, 15) is 9.59 Å². The molecule has 28 heavy (non-hydrogen) atoms. The van der Waals surface area contributed by atoms with E-state index in [1.807, 2.05) is 9.58 Å². The van der Waals surface area contributed by atoms with Crippen molar-refractivity contribution in [2.75, 3.05) is 26.2 Å². The zero-order valence-electron chi connectivity index (χ0n) is 16.8. The zero-order chi connectivity index (χ0) is 19.3. The second-order valence-electron chi connectivity index (χ2n) is 8.34. The molecule has 2 amide bonds. The highest BCUT2D eigenvalue weighted by Crippen LogP contribution is 2.28. The number of aromatic nitrogens is 2. The van der Waals surface area contributed by atoms with Gasteiger partial charge in [0.2, 0.25) is 5.91 Å². The normalized spacial score (nSPS) is 19.8. The third kappa shape index (κ3) is 4.40. The van der Waals surface area contributed by atoms with Crippen LogP contribution in [0.4, 0.5) is 0 Å². The molecule has 0 bridgehead atoms. The lowest BCUT2D eigenvalue weighted by atomic mass is 10.0. The monoisotopic (exact) mass is 388 g/mol. The molecular weight excluding hydrogens is 356 g/mol. The summed E-state index contributed by atoms with van der Waals surface area (Å²) in [4.78, 5) is 26.9. The number of nitrogens with one attached hydrogen (secondary N) is 1. The van der Waals surface area contributed by atoms with E-state index in [1.165, 1.54) is 25.7 Å². The first-order chi connectivity index (χ1) is 13.7. The summed E-state index contributed by atoms with van der Waals surface area (Å²) in [6.45, 7) is 3.90. The van der Waals surface area contributed by atoms with Crippen molar-refractivity contribution in [2.45, 2.75) is 70.9 Å². The first kappa shape index (κ1) is 19.4. The fourth-order valence-electron chi connectivity index (χ4n) is 4.76. The molecule has 1 saturated heterocycles. The third-order valence-electron chi connectivity index (χ3n) is 6.39. The fourth-order valence-corrected chi connectivity index (χ4v) is 4.76. The van der Waals surface area contributed by atoms with Crippen LogP contribution in [0.1, 0.15) is 73.1 Å². The number of likely N-dealkylation sites (tertiary alicyclic amines) is 1. The van der Waals surface area contributed by atoms with Crippen LogP contribution in [0, 0.1) is 5.92 Å². The van der Waals surface area contributed by atoms with Gasteiger partial charge >= 0.3 is 0 Å². The van der Waals surface area contributed by atoms with Crippen molar-refractivity contribution in [2.24, 2.45) is 5.92 Å². The lowest BCUT2D eigenvalue weighted by molar-refractivity contribution is -0.121. The number of carbonyl (C=O) groups excluding carboxylic acids is 2. The standard InChI is InChI=1S/C21H32N4O3/c26-19(8-7-16-5-1-2-6-16)22-10-13-25-18-9-14-28-15-17(18)20(23-25)21(27)24-11-3-4-12-24/h16H,1-15H2,(H,22,26). The third-order valence-corrected chi connectivity index (χ3v) is 6.39. The summed E-state index contributed by atoms with van der Waals surface area (Å²) in [6.07, 6.45) is 9.73. The molecule has 0 atom stereocenters. The smallest absolute Gasteiger partial charge is 0.274 e. The molecule has 7 heteroatoms. The lowest BCUT2D eigenvalue weighted by Gasteiger charge is -2.17. The molecule has 154 valence electrons. The highest BCUT2D eigenvalue weighted by atomic mass is 16.5. The molecule has 3 heterocycles. The van der Waals surface area contributed by atoms with Crippen LogP contribution in [-0.2, 0) is 29.1 Å². The molecule has 1 aromatic rings. The van der Waals surface area contributed by atoms with Gasteiger partial charge in [0.1, 0.15) is 0 Å². The van der Waals surface area contributed by atoms with Gasteiger partial charge in [0.05, 0.1) is 19.8 Å². The molecule has 2 fully saturated rings. The van der Waals surface area contributed by atoms with Crippen LogP contribution < -0.4 is 5.32 Å². The number of rotatable bonds is 7. The van der Waals surface area contributed by atoms with Gasteiger partial charge in [0.15, 0.2) is 5.69 Å². The Morgan fingerprint density at radius 3 is 2.71 bits per heavy atom. The molecule has 0 radical (unpaired) electrons. The molecule has 0 spiro atoms. The first-order valence-electron chi connectivity index (χ1n) is 10.9. The summed E-state index contributed by atoms with van der Waals surface area (Å²) in [5.41, 5.74) is 2.58. The molecule has 1 aromatic heterocycles. The molecule has 1 saturated carbocycles. The molecule has 2 aliphatic heterocycles. The summed E-state index contributed by atoms with van der Waals surface area (Å²) >= 11 is 0. The van der Waals surface area contributed by atoms with Crippen molar-refractivity contribution in [1.29, 1.82) is 0 Å². The molecule has 1 N–H and O–H groups in total. The fraction of sp³-hybridized carbons (Fsp3) is 0.762. The molecule has 1 aliphatic carbocycles. The van der Waals surface area contributed by atoms with Gasteiger partial charge in [-0.15, -0.1) is 0 Å². The van der Waals surface area contributed by atoms with Crippen LogP contribution in [-0.4, -0.2) is 52.7 Å². The second-order valence-corrected chi connectivity index (χ2v) is 8.34. The SMILES string of the molecule is O=C(CCC1CCCC1)NCCn1nc(C(=O)N2CCCC2)c2c1CCOC2. The number of ether oxygens (including phenoxy) is 1. The summed E-state index contributed by atoms with van der Waals surface area (Å²) in [5, 5.41) is 7.67. The summed E-state index contributed by atoms with van der Waals surface area (Å²) in [5.74, 6) is 0.895. The minimum atomic E-state index is 0.0265. The van der Waals surface area contributed by atoms with Crippen molar-refractivity contribution >= 4 is 11.8 Å². The molecule has 3 aliphatic rings. The highest BCUT2D eigenvalue weighted by molar-refractivity contribution is 5.94. The Morgan fingerprint density at radius 2 is 1.93 bits per heavy atom. The topological polar surface area (TPSA) is 76.5 Å². The van der Waals surface area contributed by atoms with E-state index in [4.69, 9.17) is 4.74 Å². The minimum absolute atomic E-state index is 0.0265. The van der Waals surface area contributed by atoms with E-state index in [-0.39, 0.29) is 11.8 Å². The predicted octanol–water partition coefficient (Wildman–Crippen LogP) is 2.28. The van der Waals surface area contributed by atoms with E-state index >= 15 is 0 Å². The minimum Gasteiger partial charge on any atom is -0.376 e. The maximum Gasteiger partial charge on any atom is 0.274 e. The van der Waals surface area contributed by atoms with Crippen LogP contribution in [0.2, 0.25) is 0 Å². The van der Waals surface area contributed by atoms with Crippen molar-refractivity contribution in [3.05, 3.63) is 17.0 Å². The van der Waals surface area contributed by atoms with E-state index in [0.29, 0.717) is 38.4 Å². The van der Waals surface area contributed by atoms with Gasteiger partial charge in [-0.1, -0.05) is 25.7 Å². The Bertz CT molecular complexity index is 703. The maximum atomic E-state index is 12.9. The van der Waals surface area contributed by atoms with Crippen molar-refractivity contribution in [1.82, 2.24) is 20.0 Å². The number of fused-ring (bicyclic) bond motifs is 1. The molecule has 7 nitrogen and oxygen atoms in total. The zero-order valence-corrected chi connectivity index (χ0v) is 16.8. The van der Waals surface area contributed by atoms with Gasteiger partial charge in [-0.3, -0.25) is 14.3 Å². The van der Waals surface area contributed by atoms with Crippen molar-refractivity contribution in [3.63, 3.8) is 0 Å². The van der Waals surface area contributed by atoms with E-state index < -0.39 is 0 Å². The number of carbonyl (C=O) groups is 2. The summed E-state index contributed by atoms with van der Waals surface area (Å²) in [6, 6.07) is 0. The number of hydrogen-bond donors (Lipinski definition) is 1. The Morgan fingerprint density at radius 1 is 1.14 bits per heavy atom. The number of nitrogens with zero attached hydrogens (tertiary/aromatic N) is 3. The van der Waals surface area contributed by atoms with Crippen LogP contribution >= 0.6 is 0 Å². The molecule has 0 aromatic carbocycles. The Kier molecular flexibility index (Phi) is 6.29. The lowest BCUT2D eigenvalue weighted by Crippen LogP contribution is -2.29. The average molecular weight is 389 g/mol. The van der Waals surface area contributed by atoms with Crippen LogP contribution in [0.15, 0.2) is 0 Å². The van der Waals surface area contributed by atoms with E-state index in [1.54, 1.807) is 0 Å². The first-order valence-corrected chi connectivity index (χ1v) is 10.9. The van der Waals surface area contributed by atoms with Crippen LogP contribution in [0.5, 0.6) is 0 Å². The summed E-state index contributed by atoms with van der Waals surface area (Å²) < 4.78 is 7.51. The van der Waals surface area contributed by atoms with Crippen molar-refractivity contribution < 1.29 is 14.3 Å². The average Bonchev–Trinajstić information content (AvgIpc) is 3.47. The quantitative estimate of drug-likeness (QED) is 0.777. The van der Waals surface area contributed by atoms with E-state index in [2.05, 4.69) is 10.4 Å². The van der Waals surface area contributed by atoms with Gasteiger partial charge in [0.25, 0.3) is 5.91 Å². The predicted molar refractivity (Wildman–Crippen MR) is 105 cm³/mol. The maximum absolute atomic E-state index is 12.9. The Hall–Kier alpha value is -1.89. The van der Waals surface area contributed by atoms with Gasteiger partial charge in [0, 0.05) is 43.7 Å². The number of hydrogen-bond acceptors (Lipinski definition) is 4. The molecular formula is C21H32N4O3. The van der Waals surface area contributed by atoms with Gasteiger partial charge in [-0.25, -0.2) is 0 Å². The molecule has 4 rings (SSSR count). The molecule has 0 unspecified atom stereocenters. The summed E-state index contributed by atoms with van der Waals surface area (Å²) in [7, 11) is 0. The Labute approximate surface area is 166 Å². The largest absolute Gasteiger partial charge is 0.376 e. The van der Waals surface area contributed by atoms with Gasteiger partial charge < -0.3 is 15.0 Å². The van der Waals surface area contributed by atoms with Crippen molar-refractivity contribution in [3.8, 4) is 0 Å². The second kappa shape index (κ2) is 9.07. The highest BCUT2D eigenvalue weighted by Gasteiger charge is 2.29. The van der Waals surface area contributed by atoms with E-state index in [0.717, 1.165) is 55.9 Å².